The van der Waals surface area contributed by atoms with Crippen molar-refractivity contribution in [1.29, 1.82) is 0 Å². The fraction of sp³-hybridized carbons (Fsp3) is 0.588. The molecular formula is C17H24N2O. The van der Waals surface area contributed by atoms with E-state index in [9.17, 15) is 5.11 Å². The molecule has 1 aromatic carbocycles. The van der Waals surface area contributed by atoms with Crippen LogP contribution in [0, 0.1) is 5.92 Å². The zero-order valence-corrected chi connectivity index (χ0v) is 12.0. The van der Waals surface area contributed by atoms with Crippen LogP contribution in [-0.4, -0.2) is 41.9 Å². The van der Waals surface area contributed by atoms with Crippen molar-refractivity contribution in [2.45, 2.75) is 38.1 Å². The molecule has 0 aliphatic carbocycles. The predicted molar refractivity (Wildman–Crippen MR) is 82.5 cm³/mol. The molecule has 0 saturated carbocycles. The molecule has 0 unspecified atom stereocenters. The van der Waals surface area contributed by atoms with Crippen molar-refractivity contribution in [2.75, 3.05) is 19.6 Å². The van der Waals surface area contributed by atoms with Gasteiger partial charge < -0.3 is 10.0 Å². The molecule has 108 valence electrons. The minimum Gasteiger partial charge on any atom is -0.508 e. The third-order valence-electron chi connectivity index (χ3n) is 4.70. The maximum Gasteiger partial charge on any atom is 0.115 e. The minimum absolute atomic E-state index is 0.312. The molecular weight excluding hydrogens is 248 g/mol. The summed E-state index contributed by atoms with van der Waals surface area (Å²) in [5.41, 5.74) is 1.07. The number of fused-ring (bicyclic) bond motifs is 1. The largest absolute Gasteiger partial charge is 0.508 e. The highest BCUT2D eigenvalue weighted by Gasteiger charge is 2.32. The first kappa shape index (κ1) is 13.6. The number of aromatic hydroxyl groups is 1. The zero-order chi connectivity index (χ0) is 13.8. The molecule has 3 heteroatoms. The maximum absolute atomic E-state index is 9.27. The van der Waals surface area contributed by atoms with Crippen molar-refractivity contribution in [1.82, 2.24) is 4.90 Å². The third-order valence-corrected chi connectivity index (χ3v) is 4.70. The second-order valence-electron chi connectivity index (χ2n) is 6.09. The van der Waals surface area contributed by atoms with E-state index >= 15 is 0 Å². The number of rotatable bonds is 3. The van der Waals surface area contributed by atoms with Crippen LogP contribution in [0.5, 0.6) is 5.75 Å². The third kappa shape index (κ3) is 3.21. The first-order chi connectivity index (χ1) is 9.83. The number of hydrogen-bond acceptors (Lipinski definition) is 3. The highest BCUT2D eigenvalue weighted by Crippen LogP contribution is 2.30. The summed E-state index contributed by atoms with van der Waals surface area (Å²) >= 11 is 0. The van der Waals surface area contributed by atoms with Gasteiger partial charge in [0.2, 0.25) is 0 Å². The number of aliphatic imine (C=N–C) groups is 1. The molecule has 20 heavy (non-hydrogen) atoms. The number of phenols is 1. The van der Waals surface area contributed by atoms with Gasteiger partial charge in [-0.05, 0) is 74.5 Å². The Bertz CT molecular complexity index is 453. The van der Waals surface area contributed by atoms with E-state index in [-0.39, 0.29) is 0 Å². The molecule has 3 rings (SSSR count). The van der Waals surface area contributed by atoms with Gasteiger partial charge in [-0.15, -0.1) is 0 Å². The quantitative estimate of drug-likeness (QED) is 0.858. The van der Waals surface area contributed by atoms with Crippen molar-refractivity contribution in [2.24, 2.45) is 10.9 Å². The zero-order valence-electron chi connectivity index (χ0n) is 12.0. The van der Waals surface area contributed by atoms with E-state index in [1.54, 1.807) is 12.1 Å². The van der Waals surface area contributed by atoms with Gasteiger partial charge >= 0.3 is 0 Å². The molecule has 2 fully saturated rings. The maximum atomic E-state index is 9.27. The molecule has 2 aliphatic rings. The average molecular weight is 272 g/mol. The molecule has 0 spiro atoms. The Labute approximate surface area is 121 Å². The summed E-state index contributed by atoms with van der Waals surface area (Å²) in [6.07, 6.45) is 8.73. The SMILES string of the molecule is Oc1ccc(C=NC[C@H]2CCCN3CCCC[C@H]23)cc1. The molecule has 3 nitrogen and oxygen atoms in total. The molecule has 2 heterocycles. The van der Waals surface area contributed by atoms with Gasteiger partial charge in [0.05, 0.1) is 0 Å². The smallest absolute Gasteiger partial charge is 0.115 e. The van der Waals surface area contributed by atoms with Crippen LogP contribution in [0.25, 0.3) is 0 Å². The van der Waals surface area contributed by atoms with E-state index in [4.69, 9.17) is 0 Å². The fourth-order valence-corrected chi connectivity index (χ4v) is 3.64. The molecule has 1 N–H and O–H groups in total. The van der Waals surface area contributed by atoms with Crippen molar-refractivity contribution in [3.8, 4) is 5.75 Å². The van der Waals surface area contributed by atoms with Crippen LogP contribution in [0.1, 0.15) is 37.7 Å². The van der Waals surface area contributed by atoms with Crippen LogP contribution in [0.4, 0.5) is 0 Å². The van der Waals surface area contributed by atoms with E-state index in [1.165, 1.54) is 45.2 Å². The Morgan fingerprint density at radius 2 is 1.90 bits per heavy atom. The van der Waals surface area contributed by atoms with Crippen LogP contribution in [0.3, 0.4) is 0 Å². The van der Waals surface area contributed by atoms with Crippen LogP contribution < -0.4 is 0 Å². The molecule has 0 radical (unpaired) electrons. The Balaban J connectivity index is 1.58. The van der Waals surface area contributed by atoms with E-state index in [0.29, 0.717) is 5.75 Å². The van der Waals surface area contributed by atoms with Crippen LogP contribution >= 0.6 is 0 Å². The van der Waals surface area contributed by atoms with E-state index < -0.39 is 0 Å². The number of piperidine rings is 2. The topological polar surface area (TPSA) is 35.8 Å². The number of nitrogens with zero attached hydrogens (tertiary/aromatic N) is 2. The number of benzene rings is 1. The summed E-state index contributed by atoms with van der Waals surface area (Å²) in [6, 6.07) is 8.02. The van der Waals surface area contributed by atoms with Crippen molar-refractivity contribution in [3.63, 3.8) is 0 Å². The summed E-state index contributed by atoms with van der Waals surface area (Å²) in [5, 5.41) is 9.27. The van der Waals surface area contributed by atoms with Gasteiger partial charge in [0.1, 0.15) is 5.75 Å². The molecule has 1 aromatic rings. The molecule has 2 saturated heterocycles. The predicted octanol–water partition coefficient (Wildman–Crippen LogP) is 3.08. The second-order valence-corrected chi connectivity index (χ2v) is 6.09. The summed E-state index contributed by atoms with van der Waals surface area (Å²) in [7, 11) is 0. The van der Waals surface area contributed by atoms with E-state index in [1.807, 2.05) is 18.3 Å². The molecule has 2 atom stereocenters. The van der Waals surface area contributed by atoms with Gasteiger partial charge in [-0.3, -0.25) is 4.99 Å². The van der Waals surface area contributed by atoms with Gasteiger partial charge in [0, 0.05) is 18.8 Å². The lowest BCUT2D eigenvalue weighted by molar-refractivity contribution is 0.0635. The van der Waals surface area contributed by atoms with Crippen LogP contribution in [-0.2, 0) is 0 Å². The fourth-order valence-electron chi connectivity index (χ4n) is 3.64. The number of hydrogen-bond donors (Lipinski definition) is 1. The van der Waals surface area contributed by atoms with Gasteiger partial charge in [-0.1, -0.05) is 6.42 Å². The average Bonchev–Trinajstić information content (AvgIpc) is 2.49. The highest BCUT2D eigenvalue weighted by molar-refractivity contribution is 5.79. The lowest BCUT2D eigenvalue weighted by atomic mass is 9.83. The number of phenolic OH excluding ortho intramolecular Hbond substituents is 1. The van der Waals surface area contributed by atoms with Gasteiger partial charge in [-0.2, -0.15) is 0 Å². The highest BCUT2D eigenvalue weighted by atomic mass is 16.3. The summed E-state index contributed by atoms with van der Waals surface area (Å²) in [6.45, 7) is 3.54. The lowest BCUT2D eigenvalue weighted by Gasteiger charge is -2.43. The Hall–Kier alpha value is -1.35. The Kier molecular flexibility index (Phi) is 4.36. The van der Waals surface area contributed by atoms with E-state index in [0.717, 1.165) is 24.1 Å². The van der Waals surface area contributed by atoms with Gasteiger partial charge in [-0.25, -0.2) is 0 Å². The monoisotopic (exact) mass is 272 g/mol. The molecule has 0 aromatic heterocycles. The van der Waals surface area contributed by atoms with Crippen LogP contribution in [0.2, 0.25) is 0 Å². The normalized spacial score (nSPS) is 27.6. The van der Waals surface area contributed by atoms with Crippen LogP contribution in [0.15, 0.2) is 29.3 Å². The van der Waals surface area contributed by atoms with Crippen molar-refractivity contribution >= 4 is 6.21 Å². The van der Waals surface area contributed by atoms with E-state index in [2.05, 4.69) is 9.89 Å². The summed E-state index contributed by atoms with van der Waals surface area (Å²) in [5.74, 6) is 1.05. The Morgan fingerprint density at radius 3 is 2.75 bits per heavy atom. The second kappa shape index (κ2) is 6.40. The van der Waals surface area contributed by atoms with Gasteiger partial charge in [0.15, 0.2) is 0 Å². The molecule has 0 bridgehead atoms. The lowest BCUT2D eigenvalue weighted by Crippen LogP contribution is -2.48. The first-order valence-corrected chi connectivity index (χ1v) is 7.86. The minimum atomic E-state index is 0.312. The molecule has 0 amide bonds. The summed E-state index contributed by atoms with van der Waals surface area (Å²) in [4.78, 5) is 7.34. The molecule has 2 aliphatic heterocycles. The van der Waals surface area contributed by atoms with Gasteiger partial charge in [0.25, 0.3) is 0 Å². The standard InChI is InChI=1S/C17H24N2O/c20-16-8-6-14(7-9-16)12-18-13-15-4-3-11-19-10-2-1-5-17(15)19/h6-9,12,15,17,20H,1-5,10-11,13H2/t15-,17-/m1/s1. The van der Waals surface area contributed by atoms with Crippen molar-refractivity contribution < 1.29 is 5.11 Å². The first-order valence-electron chi connectivity index (χ1n) is 7.86. The Morgan fingerprint density at radius 1 is 1.10 bits per heavy atom. The summed E-state index contributed by atoms with van der Waals surface area (Å²) < 4.78 is 0. The van der Waals surface area contributed by atoms with Crippen molar-refractivity contribution in [3.05, 3.63) is 29.8 Å².